The van der Waals surface area contributed by atoms with Crippen molar-refractivity contribution in [3.63, 3.8) is 0 Å². The Morgan fingerprint density at radius 1 is 1.14 bits per heavy atom. The fourth-order valence-corrected chi connectivity index (χ4v) is 4.06. The third-order valence-corrected chi connectivity index (χ3v) is 5.87. The van der Waals surface area contributed by atoms with Crippen molar-refractivity contribution in [2.24, 2.45) is 0 Å². The third-order valence-electron chi connectivity index (χ3n) is 5.62. The zero-order chi connectivity index (χ0) is 20.0. The maximum absolute atomic E-state index is 12.9. The number of rotatable bonds is 4. The fraction of sp³-hybridized carbons (Fsp3) is 0.286. The molecule has 2 aliphatic heterocycles. The first kappa shape index (κ1) is 18.1. The average molecular weight is 409 g/mol. The fourth-order valence-electron chi connectivity index (χ4n) is 3.94. The van der Waals surface area contributed by atoms with E-state index in [1.54, 1.807) is 15.8 Å². The predicted octanol–water partition coefficient (Wildman–Crippen LogP) is 2.88. The van der Waals surface area contributed by atoms with E-state index in [2.05, 4.69) is 20.3 Å². The summed E-state index contributed by atoms with van der Waals surface area (Å²) >= 11 is 5.95. The van der Waals surface area contributed by atoms with Crippen LogP contribution in [0, 0.1) is 0 Å². The minimum absolute atomic E-state index is 0.0984. The van der Waals surface area contributed by atoms with Crippen molar-refractivity contribution in [3.05, 3.63) is 65.1 Å². The van der Waals surface area contributed by atoms with E-state index in [0.29, 0.717) is 23.3 Å². The van der Waals surface area contributed by atoms with Crippen LogP contribution in [-0.2, 0) is 6.54 Å². The number of pyridine rings is 1. The highest BCUT2D eigenvalue weighted by atomic mass is 35.5. The van der Waals surface area contributed by atoms with Crippen LogP contribution in [-0.4, -0.2) is 46.9 Å². The number of anilines is 2. The SMILES string of the molecule is CNC1CCN(c2ccc(N3Cc4cn(-c5ccc(Cl)cc5)nc4C3=O)cn2)C1. The lowest BCUT2D eigenvalue weighted by Gasteiger charge is -2.20. The Hall–Kier alpha value is -2.90. The number of nitrogens with one attached hydrogen (secondary N) is 1. The molecule has 1 fully saturated rings. The molecule has 2 aliphatic rings. The number of aromatic nitrogens is 3. The van der Waals surface area contributed by atoms with Crippen molar-refractivity contribution >= 4 is 29.0 Å². The molecule has 7 nitrogen and oxygen atoms in total. The molecule has 1 unspecified atom stereocenters. The number of likely N-dealkylation sites (N-methyl/N-ethyl adjacent to an activating group) is 1. The number of carbonyl (C=O) groups is 1. The first-order valence-corrected chi connectivity index (χ1v) is 10.0. The van der Waals surface area contributed by atoms with Crippen LogP contribution in [0.2, 0.25) is 5.02 Å². The number of hydrogen-bond acceptors (Lipinski definition) is 5. The van der Waals surface area contributed by atoms with Crippen molar-refractivity contribution in [2.75, 3.05) is 29.9 Å². The molecule has 3 aromatic rings. The summed E-state index contributed by atoms with van der Waals surface area (Å²) in [5.41, 5.74) is 3.06. The van der Waals surface area contributed by atoms with E-state index < -0.39 is 0 Å². The van der Waals surface area contributed by atoms with Gasteiger partial charge in [0.25, 0.3) is 5.91 Å². The van der Waals surface area contributed by atoms with Crippen LogP contribution in [0.15, 0.2) is 48.8 Å². The summed E-state index contributed by atoms with van der Waals surface area (Å²) in [6.45, 7) is 2.44. The Morgan fingerprint density at radius 3 is 2.59 bits per heavy atom. The monoisotopic (exact) mass is 408 g/mol. The van der Waals surface area contributed by atoms with E-state index in [0.717, 1.165) is 42.3 Å². The number of fused-ring (bicyclic) bond motifs is 1. The molecule has 0 saturated carbocycles. The molecule has 1 amide bonds. The largest absolute Gasteiger partial charge is 0.355 e. The molecule has 0 radical (unpaired) electrons. The second-order valence-electron chi connectivity index (χ2n) is 7.41. The summed E-state index contributed by atoms with van der Waals surface area (Å²) in [5, 5.41) is 8.48. The second kappa shape index (κ2) is 7.17. The van der Waals surface area contributed by atoms with Crippen LogP contribution in [0.4, 0.5) is 11.5 Å². The first-order chi connectivity index (χ1) is 14.1. The van der Waals surface area contributed by atoms with Crippen LogP contribution in [0.25, 0.3) is 5.69 Å². The molecular weight excluding hydrogens is 388 g/mol. The summed E-state index contributed by atoms with van der Waals surface area (Å²) in [4.78, 5) is 21.5. The number of benzene rings is 1. The number of nitrogens with zero attached hydrogens (tertiary/aromatic N) is 5. The molecule has 1 saturated heterocycles. The molecule has 0 aliphatic carbocycles. The number of amides is 1. The standard InChI is InChI=1S/C21H21ClN6O/c1-23-16-8-9-26(13-16)19-7-6-18(10-24-19)27-11-14-12-28(25-20(14)21(27)29)17-4-2-15(22)3-5-17/h2-7,10,12,16,23H,8-9,11,13H2,1H3. The van der Waals surface area contributed by atoms with Crippen molar-refractivity contribution in [3.8, 4) is 5.69 Å². The van der Waals surface area contributed by atoms with E-state index in [4.69, 9.17) is 11.6 Å². The highest BCUT2D eigenvalue weighted by Crippen LogP contribution is 2.29. The molecule has 148 valence electrons. The minimum Gasteiger partial charge on any atom is -0.355 e. The Balaban J connectivity index is 1.33. The van der Waals surface area contributed by atoms with Gasteiger partial charge in [0, 0.05) is 35.9 Å². The van der Waals surface area contributed by atoms with E-state index in [9.17, 15) is 4.79 Å². The zero-order valence-electron chi connectivity index (χ0n) is 16.0. The first-order valence-electron chi connectivity index (χ1n) is 9.67. The number of carbonyl (C=O) groups excluding carboxylic acids is 1. The lowest BCUT2D eigenvalue weighted by molar-refractivity contribution is 0.0991. The molecule has 0 spiro atoms. The lowest BCUT2D eigenvalue weighted by atomic mass is 10.3. The summed E-state index contributed by atoms with van der Waals surface area (Å²) in [6, 6.07) is 11.8. The van der Waals surface area contributed by atoms with Crippen molar-refractivity contribution < 1.29 is 4.79 Å². The number of halogens is 1. The maximum atomic E-state index is 12.9. The van der Waals surface area contributed by atoms with Gasteiger partial charge in [0.2, 0.25) is 0 Å². The van der Waals surface area contributed by atoms with E-state index in [1.807, 2.05) is 49.6 Å². The van der Waals surface area contributed by atoms with Gasteiger partial charge in [-0.15, -0.1) is 0 Å². The Bertz CT molecular complexity index is 1050. The van der Waals surface area contributed by atoms with Crippen LogP contribution in [0.1, 0.15) is 22.5 Å². The topological polar surface area (TPSA) is 66.3 Å². The molecular formula is C21H21ClN6O. The molecule has 0 bridgehead atoms. The molecule has 5 rings (SSSR count). The quantitative estimate of drug-likeness (QED) is 0.719. The van der Waals surface area contributed by atoms with Crippen molar-refractivity contribution in [1.29, 1.82) is 0 Å². The van der Waals surface area contributed by atoms with Gasteiger partial charge in [-0.25, -0.2) is 9.67 Å². The summed E-state index contributed by atoms with van der Waals surface area (Å²) < 4.78 is 1.73. The van der Waals surface area contributed by atoms with E-state index in [1.165, 1.54) is 0 Å². The normalized spacial score (nSPS) is 18.6. The van der Waals surface area contributed by atoms with Crippen LogP contribution in [0.3, 0.4) is 0 Å². The highest BCUT2D eigenvalue weighted by Gasteiger charge is 2.32. The summed E-state index contributed by atoms with van der Waals surface area (Å²) in [5.74, 6) is 0.850. The summed E-state index contributed by atoms with van der Waals surface area (Å²) in [7, 11) is 1.99. The van der Waals surface area contributed by atoms with Crippen molar-refractivity contribution in [2.45, 2.75) is 19.0 Å². The minimum atomic E-state index is -0.0984. The maximum Gasteiger partial charge on any atom is 0.279 e. The van der Waals surface area contributed by atoms with Gasteiger partial charge in [-0.1, -0.05) is 11.6 Å². The van der Waals surface area contributed by atoms with Gasteiger partial charge in [0.15, 0.2) is 5.69 Å². The smallest absolute Gasteiger partial charge is 0.279 e. The molecule has 4 heterocycles. The van der Waals surface area contributed by atoms with Gasteiger partial charge >= 0.3 is 0 Å². The Morgan fingerprint density at radius 2 is 1.93 bits per heavy atom. The predicted molar refractivity (Wildman–Crippen MR) is 113 cm³/mol. The van der Waals surface area contributed by atoms with Gasteiger partial charge < -0.3 is 15.1 Å². The second-order valence-corrected chi connectivity index (χ2v) is 7.85. The van der Waals surface area contributed by atoms with Gasteiger partial charge in [-0.2, -0.15) is 5.10 Å². The molecule has 8 heteroatoms. The van der Waals surface area contributed by atoms with Crippen LogP contribution in [0.5, 0.6) is 0 Å². The molecule has 1 aromatic carbocycles. The Kier molecular flexibility index (Phi) is 4.49. The van der Waals surface area contributed by atoms with Gasteiger partial charge in [-0.05, 0) is 49.9 Å². The van der Waals surface area contributed by atoms with Gasteiger partial charge in [0.05, 0.1) is 24.1 Å². The van der Waals surface area contributed by atoms with Crippen LogP contribution < -0.4 is 15.1 Å². The number of hydrogen-bond donors (Lipinski definition) is 1. The van der Waals surface area contributed by atoms with E-state index in [-0.39, 0.29) is 5.91 Å². The molecule has 29 heavy (non-hydrogen) atoms. The molecule has 2 aromatic heterocycles. The van der Waals surface area contributed by atoms with Crippen molar-refractivity contribution in [1.82, 2.24) is 20.1 Å². The summed E-state index contributed by atoms with van der Waals surface area (Å²) in [6.07, 6.45) is 4.79. The molecule has 1 atom stereocenters. The van der Waals surface area contributed by atoms with Gasteiger partial charge in [0.1, 0.15) is 5.82 Å². The highest BCUT2D eigenvalue weighted by molar-refractivity contribution is 6.30. The Labute approximate surface area is 173 Å². The lowest BCUT2D eigenvalue weighted by Crippen LogP contribution is -2.30. The van der Waals surface area contributed by atoms with Gasteiger partial charge in [-0.3, -0.25) is 4.79 Å². The average Bonchev–Trinajstić information content (AvgIpc) is 3.45. The molecule has 1 N–H and O–H groups in total. The van der Waals surface area contributed by atoms with Crippen LogP contribution >= 0.6 is 11.6 Å². The zero-order valence-corrected chi connectivity index (χ0v) is 16.8. The third kappa shape index (κ3) is 3.26. The van der Waals surface area contributed by atoms with E-state index >= 15 is 0 Å².